The van der Waals surface area contributed by atoms with Crippen molar-refractivity contribution >= 4 is 23.2 Å². The number of aromatic nitrogens is 2. The Morgan fingerprint density at radius 3 is 2.60 bits per heavy atom. The summed E-state index contributed by atoms with van der Waals surface area (Å²) in [4.78, 5) is 4.53. The van der Waals surface area contributed by atoms with E-state index in [1.807, 2.05) is 0 Å². The highest BCUT2D eigenvalue weighted by Crippen LogP contribution is 2.39. The van der Waals surface area contributed by atoms with Gasteiger partial charge in [-0.2, -0.15) is 4.98 Å². The van der Waals surface area contributed by atoms with Gasteiger partial charge >= 0.3 is 0 Å². The third-order valence-electron chi connectivity index (χ3n) is 4.18. The van der Waals surface area contributed by atoms with Crippen LogP contribution in [0.2, 0.25) is 10.0 Å². The molecule has 4 rings (SSSR count). The first-order valence-corrected chi connectivity index (χ1v) is 7.51. The number of nitrogens with one attached hydrogen (secondary N) is 1. The molecule has 2 fully saturated rings. The van der Waals surface area contributed by atoms with E-state index in [2.05, 4.69) is 15.5 Å². The Kier molecular flexibility index (Phi) is 2.98. The van der Waals surface area contributed by atoms with Crippen molar-refractivity contribution in [1.29, 1.82) is 0 Å². The van der Waals surface area contributed by atoms with Gasteiger partial charge in [0, 0.05) is 27.7 Å². The van der Waals surface area contributed by atoms with E-state index in [9.17, 15) is 0 Å². The first-order chi connectivity index (χ1) is 9.69. The Bertz CT molecular complexity index is 637. The number of rotatable bonds is 2. The van der Waals surface area contributed by atoms with Gasteiger partial charge in [-0.25, -0.2) is 0 Å². The average molecular weight is 310 g/mol. The van der Waals surface area contributed by atoms with Crippen LogP contribution in [-0.4, -0.2) is 22.2 Å². The highest BCUT2D eigenvalue weighted by atomic mass is 35.5. The number of fused-ring (bicyclic) bond motifs is 2. The molecule has 104 valence electrons. The van der Waals surface area contributed by atoms with Gasteiger partial charge in [-0.3, -0.25) is 0 Å². The molecular weight excluding hydrogens is 297 g/mol. The van der Waals surface area contributed by atoms with Crippen LogP contribution in [0.4, 0.5) is 0 Å². The zero-order valence-electron chi connectivity index (χ0n) is 10.6. The second kappa shape index (κ2) is 4.72. The van der Waals surface area contributed by atoms with E-state index in [1.165, 1.54) is 12.8 Å². The third-order valence-corrected chi connectivity index (χ3v) is 4.62. The average Bonchev–Trinajstić information content (AvgIpc) is 3.13. The van der Waals surface area contributed by atoms with Gasteiger partial charge in [0.1, 0.15) is 0 Å². The minimum absolute atomic E-state index is 0.338. The number of hydrogen-bond acceptors (Lipinski definition) is 4. The summed E-state index contributed by atoms with van der Waals surface area (Å²) in [5.74, 6) is 1.60. The Morgan fingerprint density at radius 2 is 1.95 bits per heavy atom. The van der Waals surface area contributed by atoms with E-state index in [0.717, 1.165) is 17.9 Å². The molecule has 6 heteroatoms. The summed E-state index contributed by atoms with van der Waals surface area (Å²) in [6, 6.07) is 6.37. The molecule has 3 atom stereocenters. The van der Waals surface area contributed by atoms with E-state index >= 15 is 0 Å². The molecule has 2 saturated heterocycles. The van der Waals surface area contributed by atoms with E-state index < -0.39 is 0 Å². The predicted molar refractivity (Wildman–Crippen MR) is 77.1 cm³/mol. The van der Waals surface area contributed by atoms with E-state index in [4.69, 9.17) is 27.7 Å². The van der Waals surface area contributed by atoms with Crippen molar-refractivity contribution in [2.24, 2.45) is 0 Å². The first-order valence-electron chi connectivity index (χ1n) is 6.75. The molecule has 3 heterocycles. The van der Waals surface area contributed by atoms with Crippen molar-refractivity contribution in [2.45, 2.75) is 37.3 Å². The van der Waals surface area contributed by atoms with Gasteiger partial charge in [0.2, 0.25) is 11.7 Å². The van der Waals surface area contributed by atoms with Crippen LogP contribution in [0.25, 0.3) is 11.4 Å². The molecule has 4 nitrogen and oxygen atoms in total. The van der Waals surface area contributed by atoms with Gasteiger partial charge in [-0.15, -0.1) is 0 Å². The van der Waals surface area contributed by atoms with Gasteiger partial charge in [0.25, 0.3) is 0 Å². The lowest BCUT2D eigenvalue weighted by Crippen LogP contribution is -2.21. The molecule has 1 N–H and O–H groups in total. The normalized spacial score (nSPS) is 28.2. The molecule has 20 heavy (non-hydrogen) atoms. The molecule has 2 aliphatic rings. The maximum atomic E-state index is 6.00. The summed E-state index contributed by atoms with van der Waals surface area (Å²) in [5, 5.41) is 8.78. The second-order valence-electron chi connectivity index (χ2n) is 5.50. The number of halogens is 2. The first kappa shape index (κ1) is 12.6. The zero-order chi connectivity index (χ0) is 13.7. The lowest BCUT2D eigenvalue weighted by molar-refractivity contribution is 0.329. The topological polar surface area (TPSA) is 51.0 Å². The van der Waals surface area contributed by atoms with Crippen LogP contribution >= 0.6 is 23.2 Å². The third kappa shape index (κ3) is 2.12. The van der Waals surface area contributed by atoms with Gasteiger partial charge in [-0.05, 0) is 37.5 Å². The van der Waals surface area contributed by atoms with Gasteiger partial charge in [-0.1, -0.05) is 28.4 Å². The standard InChI is InChI=1S/C14H13Cl2N3O/c15-8-3-7(4-9(16)5-8)13-18-14(20-19-13)11-6-10-1-2-12(11)17-10/h3-5,10-12,17H,1-2,6H2. The summed E-state index contributed by atoms with van der Waals surface area (Å²) in [7, 11) is 0. The molecule has 2 bridgehead atoms. The fourth-order valence-electron chi connectivity index (χ4n) is 3.28. The predicted octanol–water partition coefficient (Wildman–Crippen LogP) is 3.65. The fraction of sp³-hybridized carbons (Fsp3) is 0.429. The van der Waals surface area contributed by atoms with Crippen molar-refractivity contribution < 1.29 is 4.52 Å². The summed E-state index contributed by atoms with van der Waals surface area (Å²) < 4.78 is 5.45. The van der Waals surface area contributed by atoms with Crippen molar-refractivity contribution in [3.8, 4) is 11.4 Å². The lowest BCUT2D eigenvalue weighted by Gasteiger charge is -2.15. The SMILES string of the molecule is Clc1cc(Cl)cc(-c2noc(C3CC4CCC3N4)n2)c1. The van der Waals surface area contributed by atoms with Crippen LogP contribution in [0.5, 0.6) is 0 Å². The van der Waals surface area contributed by atoms with Crippen LogP contribution < -0.4 is 5.32 Å². The second-order valence-corrected chi connectivity index (χ2v) is 6.38. The Morgan fingerprint density at radius 1 is 1.15 bits per heavy atom. The van der Waals surface area contributed by atoms with E-state index in [0.29, 0.717) is 33.9 Å². The summed E-state index contributed by atoms with van der Waals surface area (Å²) >= 11 is 12.0. The fourth-order valence-corrected chi connectivity index (χ4v) is 3.81. The largest absolute Gasteiger partial charge is 0.339 e. The number of hydrogen-bond donors (Lipinski definition) is 1. The Hall–Kier alpha value is -1.10. The van der Waals surface area contributed by atoms with Crippen LogP contribution in [0, 0.1) is 0 Å². The number of nitrogens with zero attached hydrogens (tertiary/aromatic N) is 2. The van der Waals surface area contributed by atoms with Crippen molar-refractivity contribution in [3.05, 3.63) is 34.1 Å². The van der Waals surface area contributed by atoms with Crippen molar-refractivity contribution in [3.63, 3.8) is 0 Å². The molecule has 0 radical (unpaired) electrons. The van der Waals surface area contributed by atoms with Crippen LogP contribution in [0.1, 0.15) is 31.1 Å². The van der Waals surface area contributed by atoms with Gasteiger partial charge in [0.15, 0.2) is 0 Å². The molecule has 1 aromatic carbocycles. The minimum Gasteiger partial charge on any atom is -0.339 e. The molecular formula is C14H13Cl2N3O. The minimum atomic E-state index is 0.338. The van der Waals surface area contributed by atoms with Gasteiger partial charge in [0.05, 0.1) is 5.92 Å². The van der Waals surface area contributed by atoms with Crippen molar-refractivity contribution in [2.75, 3.05) is 0 Å². The monoisotopic (exact) mass is 309 g/mol. The summed E-state index contributed by atoms with van der Waals surface area (Å²) in [6.07, 6.45) is 3.53. The van der Waals surface area contributed by atoms with Gasteiger partial charge < -0.3 is 9.84 Å². The summed E-state index contributed by atoms with van der Waals surface area (Å²) in [6.45, 7) is 0. The van der Waals surface area contributed by atoms with Crippen LogP contribution in [-0.2, 0) is 0 Å². The molecule has 3 unspecified atom stereocenters. The van der Waals surface area contributed by atoms with E-state index in [-0.39, 0.29) is 0 Å². The molecule has 0 aliphatic carbocycles. The Balaban J connectivity index is 1.65. The maximum absolute atomic E-state index is 6.00. The smallest absolute Gasteiger partial charge is 0.231 e. The van der Waals surface area contributed by atoms with Crippen LogP contribution in [0.15, 0.2) is 22.7 Å². The molecule has 0 amide bonds. The number of benzene rings is 1. The highest BCUT2D eigenvalue weighted by molar-refractivity contribution is 6.35. The lowest BCUT2D eigenvalue weighted by atomic mass is 9.89. The van der Waals surface area contributed by atoms with Crippen molar-refractivity contribution in [1.82, 2.24) is 15.5 Å². The highest BCUT2D eigenvalue weighted by Gasteiger charge is 2.42. The zero-order valence-corrected chi connectivity index (χ0v) is 12.2. The van der Waals surface area contributed by atoms with E-state index in [1.54, 1.807) is 18.2 Å². The molecule has 2 aliphatic heterocycles. The molecule has 0 saturated carbocycles. The summed E-state index contributed by atoms with van der Waals surface area (Å²) in [5.41, 5.74) is 0.786. The molecule has 0 spiro atoms. The maximum Gasteiger partial charge on any atom is 0.231 e. The molecule has 2 aromatic rings. The quantitative estimate of drug-likeness (QED) is 0.920. The van der Waals surface area contributed by atoms with Crippen LogP contribution in [0.3, 0.4) is 0 Å². The molecule has 1 aromatic heterocycles. The Labute approximate surface area is 126 Å².